The summed E-state index contributed by atoms with van der Waals surface area (Å²) in [5.74, 6) is 0.0963. The van der Waals surface area contributed by atoms with Crippen LogP contribution in [0.15, 0.2) is 12.1 Å². The highest BCUT2D eigenvalue weighted by Crippen LogP contribution is 2.37. The summed E-state index contributed by atoms with van der Waals surface area (Å²) in [6.07, 6.45) is 4.50. The fourth-order valence-corrected chi connectivity index (χ4v) is 4.63. The van der Waals surface area contributed by atoms with Gasteiger partial charge in [-0.05, 0) is 36.3 Å². The predicted molar refractivity (Wildman–Crippen MR) is 103 cm³/mol. The number of hydrogen-bond acceptors (Lipinski definition) is 5. The lowest BCUT2D eigenvalue weighted by atomic mass is 9.79. The second-order valence-electron chi connectivity index (χ2n) is 8.31. The van der Waals surface area contributed by atoms with E-state index in [1.807, 2.05) is 6.07 Å². The molecule has 3 N–H and O–H groups in total. The first kappa shape index (κ1) is 19.3. The molecule has 2 aromatic rings. The lowest BCUT2D eigenvalue weighted by Crippen LogP contribution is -2.26. The van der Waals surface area contributed by atoms with Gasteiger partial charge in [0, 0.05) is 5.92 Å². The van der Waals surface area contributed by atoms with Crippen molar-refractivity contribution < 1.29 is 18.7 Å². The van der Waals surface area contributed by atoms with Crippen molar-refractivity contribution in [3.63, 3.8) is 0 Å². The zero-order valence-electron chi connectivity index (χ0n) is 16.4. The molecular formula is C21H28FN3O3. The molecule has 0 amide bonds. The van der Waals surface area contributed by atoms with E-state index in [2.05, 4.69) is 16.9 Å². The summed E-state index contributed by atoms with van der Waals surface area (Å²) in [5.41, 5.74) is 7.82. The maximum atomic E-state index is 15.3. The van der Waals surface area contributed by atoms with E-state index in [9.17, 15) is 4.79 Å². The van der Waals surface area contributed by atoms with Crippen LogP contribution in [0.3, 0.4) is 0 Å². The van der Waals surface area contributed by atoms with Gasteiger partial charge in [0.25, 0.3) is 0 Å². The number of nitrogens with one attached hydrogen (secondary N) is 1. The molecule has 1 saturated heterocycles. The minimum atomic E-state index is -0.498. The fourth-order valence-electron chi connectivity index (χ4n) is 4.63. The number of H-pyrrole nitrogens is 1. The highest BCUT2D eigenvalue weighted by atomic mass is 19.1. The van der Waals surface area contributed by atoms with Crippen LogP contribution in [0.1, 0.15) is 56.0 Å². The first-order valence-corrected chi connectivity index (χ1v) is 10.1. The minimum Gasteiger partial charge on any atom is -0.469 e. The number of imidazole rings is 1. The number of fused-ring (bicyclic) bond motifs is 1. The Bertz CT molecular complexity index is 860. The first-order valence-electron chi connectivity index (χ1n) is 10.1. The van der Waals surface area contributed by atoms with E-state index >= 15 is 4.39 Å². The number of nitrogens with zero attached hydrogens (tertiary/aromatic N) is 1. The van der Waals surface area contributed by atoms with Gasteiger partial charge in [0.1, 0.15) is 11.3 Å². The number of carbonyl (C=O) groups is 1. The predicted octanol–water partition coefficient (Wildman–Crippen LogP) is 3.43. The third kappa shape index (κ3) is 3.42. The summed E-state index contributed by atoms with van der Waals surface area (Å²) in [6.45, 7) is 2.80. The van der Waals surface area contributed by atoms with Gasteiger partial charge >= 0.3 is 5.97 Å². The van der Waals surface area contributed by atoms with Gasteiger partial charge < -0.3 is 20.2 Å². The van der Waals surface area contributed by atoms with Crippen molar-refractivity contribution in [1.29, 1.82) is 0 Å². The van der Waals surface area contributed by atoms with Gasteiger partial charge in [-0.3, -0.25) is 4.79 Å². The van der Waals surface area contributed by atoms with Crippen LogP contribution in [0.2, 0.25) is 0 Å². The molecule has 3 atom stereocenters. The Balaban J connectivity index is 1.62. The topological polar surface area (TPSA) is 90.2 Å². The van der Waals surface area contributed by atoms with Gasteiger partial charge in [-0.2, -0.15) is 0 Å². The maximum absolute atomic E-state index is 15.3. The Morgan fingerprint density at radius 1 is 1.32 bits per heavy atom. The maximum Gasteiger partial charge on any atom is 0.311 e. The second kappa shape index (κ2) is 7.79. The summed E-state index contributed by atoms with van der Waals surface area (Å²) in [4.78, 5) is 19.7. The Morgan fingerprint density at radius 2 is 2.07 bits per heavy atom. The average molecular weight is 389 g/mol. The average Bonchev–Trinajstić information content (AvgIpc) is 3.35. The van der Waals surface area contributed by atoms with Crippen molar-refractivity contribution in [3.8, 4) is 0 Å². The Hall–Kier alpha value is -1.99. The number of methoxy groups -OCH3 is 1. The molecular weight excluding hydrogens is 361 g/mol. The lowest BCUT2D eigenvalue weighted by Gasteiger charge is -2.29. The third-order valence-electron chi connectivity index (χ3n) is 6.51. The van der Waals surface area contributed by atoms with Crippen LogP contribution in [-0.2, 0) is 14.3 Å². The van der Waals surface area contributed by atoms with Crippen LogP contribution >= 0.6 is 0 Å². The van der Waals surface area contributed by atoms with Crippen molar-refractivity contribution in [2.24, 2.45) is 23.5 Å². The van der Waals surface area contributed by atoms with Crippen molar-refractivity contribution >= 4 is 17.0 Å². The number of aromatic amines is 1. The minimum absolute atomic E-state index is 0.222. The van der Waals surface area contributed by atoms with E-state index in [-0.39, 0.29) is 30.1 Å². The summed E-state index contributed by atoms with van der Waals surface area (Å²) in [6, 6.07) is 3.30. The first-order chi connectivity index (χ1) is 13.5. The zero-order chi connectivity index (χ0) is 19.8. The smallest absolute Gasteiger partial charge is 0.311 e. The van der Waals surface area contributed by atoms with Crippen molar-refractivity contribution in [2.75, 3.05) is 20.3 Å². The molecule has 28 heavy (non-hydrogen) atoms. The molecule has 1 aromatic carbocycles. The van der Waals surface area contributed by atoms with Crippen LogP contribution in [0.5, 0.6) is 0 Å². The normalized spacial score (nSPS) is 29.1. The van der Waals surface area contributed by atoms with E-state index in [1.165, 1.54) is 20.0 Å². The van der Waals surface area contributed by atoms with Crippen LogP contribution in [0, 0.1) is 23.6 Å². The number of benzene rings is 1. The molecule has 0 bridgehead atoms. The SMILES string of the molecule is COC(=O)[C@@H]1COC[C@@H]1c1ccc2[nH]c([C@@H](N)C3CCC(C)CC3)nc2c1F. The molecule has 7 heteroatoms. The van der Waals surface area contributed by atoms with Crippen LogP contribution in [0.25, 0.3) is 11.0 Å². The fraction of sp³-hybridized carbons (Fsp3) is 0.619. The largest absolute Gasteiger partial charge is 0.469 e. The van der Waals surface area contributed by atoms with E-state index in [0.29, 0.717) is 29.4 Å². The van der Waals surface area contributed by atoms with Crippen LogP contribution in [-0.4, -0.2) is 36.3 Å². The molecule has 1 aromatic heterocycles. The van der Waals surface area contributed by atoms with Crippen molar-refractivity contribution in [2.45, 2.75) is 44.6 Å². The van der Waals surface area contributed by atoms with Gasteiger partial charge in [0.2, 0.25) is 0 Å². The standard InChI is InChI=1S/C21H28FN3O3/c1-11-3-5-12(6-4-11)18(23)20-24-16-8-7-13(17(22)19(16)25-20)14-9-28-10-15(14)21(26)27-2/h7-8,11-12,14-15,18H,3-6,9-10,23H2,1-2H3,(H,24,25)/t11?,12?,14-,15-,18+/m1/s1. The van der Waals surface area contributed by atoms with E-state index < -0.39 is 11.7 Å². The number of rotatable bonds is 4. The van der Waals surface area contributed by atoms with Gasteiger partial charge in [0.05, 0.1) is 37.8 Å². The third-order valence-corrected chi connectivity index (χ3v) is 6.51. The van der Waals surface area contributed by atoms with Gasteiger partial charge in [-0.1, -0.05) is 25.8 Å². The Kier molecular flexibility index (Phi) is 5.38. The molecule has 2 heterocycles. The zero-order valence-corrected chi connectivity index (χ0v) is 16.4. The molecule has 1 saturated carbocycles. The van der Waals surface area contributed by atoms with Crippen molar-refractivity contribution in [3.05, 3.63) is 29.3 Å². The number of ether oxygens (including phenoxy) is 2. The molecule has 0 unspecified atom stereocenters. The van der Waals surface area contributed by atoms with E-state index in [1.54, 1.807) is 6.07 Å². The molecule has 0 radical (unpaired) electrons. The summed E-state index contributed by atoms with van der Waals surface area (Å²) >= 11 is 0. The Morgan fingerprint density at radius 3 is 2.79 bits per heavy atom. The number of nitrogens with two attached hydrogens (primary N) is 1. The molecule has 152 valence electrons. The molecule has 4 rings (SSSR count). The van der Waals surface area contributed by atoms with Crippen LogP contribution in [0.4, 0.5) is 4.39 Å². The molecule has 1 aliphatic heterocycles. The quantitative estimate of drug-likeness (QED) is 0.782. The van der Waals surface area contributed by atoms with Gasteiger partial charge in [-0.25, -0.2) is 9.37 Å². The number of hydrogen-bond donors (Lipinski definition) is 2. The van der Waals surface area contributed by atoms with E-state index in [4.69, 9.17) is 15.2 Å². The van der Waals surface area contributed by atoms with Crippen molar-refractivity contribution in [1.82, 2.24) is 9.97 Å². The van der Waals surface area contributed by atoms with Crippen LogP contribution < -0.4 is 5.73 Å². The monoisotopic (exact) mass is 389 g/mol. The molecule has 0 spiro atoms. The number of carbonyl (C=O) groups excluding carboxylic acids is 1. The lowest BCUT2D eigenvalue weighted by molar-refractivity contribution is -0.145. The molecule has 2 aliphatic rings. The van der Waals surface area contributed by atoms with E-state index in [0.717, 1.165) is 18.8 Å². The highest BCUT2D eigenvalue weighted by Gasteiger charge is 2.38. The highest BCUT2D eigenvalue weighted by molar-refractivity contribution is 5.78. The summed E-state index contributed by atoms with van der Waals surface area (Å²) < 4.78 is 25.6. The summed E-state index contributed by atoms with van der Waals surface area (Å²) in [5, 5.41) is 0. The molecule has 2 fully saturated rings. The molecule has 1 aliphatic carbocycles. The second-order valence-corrected chi connectivity index (χ2v) is 8.31. The Labute approximate surface area is 164 Å². The number of esters is 1. The number of halogens is 1. The van der Waals surface area contributed by atoms with Gasteiger partial charge in [-0.15, -0.1) is 0 Å². The summed E-state index contributed by atoms with van der Waals surface area (Å²) in [7, 11) is 1.34. The molecule has 6 nitrogen and oxygen atoms in total. The van der Waals surface area contributed by atoms with Gasteiger partial charge in [0.15, 0.2) is 5.82 Å². The number of aromatic nitrogens is 2.